The molecule has 0 radical (unpaired) electrons. The molecule has 160 valence electrons. The van der Waals surface area contributed by atoms with Crippen LogP contribution in [0.2, 0.25) is 10.0 Å². The highest BCUT2D eigenvalue weighted by molar-refractivity contribution is 7.99. The Labute approximate surface area is 197 Å². The van der Waals surface area contributed by atoms with Crippen LogP contribution in [0.3, 0.4) is 0 Å². The Morgan fingerprint density at radius 3 is 2.59 bits per heavy atom. The molecule has 0 fully saturated rings. The molecule has 0 aliphatic carbocycles. The van der Waals surface area contributed by atoms with Crippen molar-refractivity contribution in [2.45, 2.75) is 5.16 Å². The highest BCUT2D eigenvalue weighted by Crippen LogP contribution is 2.24. The fourth-order valence-corrected chi connectivity index (χ4v) is 4.13. The number of aromatic nitrogens is 2. The fourth-order valence-electron chi connectivity index (χ4n) is 2.97. The Bertz CT molecular complexity index is 1370. The average molecular weight is 483 g/mol. The number of thioether (sulfide) groups is 1. The lowest BCUT2D eigenvalue weighted by atomic mass is 10.2. The Kier molecular flexibility index (Phi) is 6.90. The van der Waals surface area contributed by atoms with E-state index in [4.69, 9.17) is 23.2 Å². The molecule has 1 aromatic heterocycles. The van der Waals surface area contributed by atoms with E-state index >= 15 is 0 Å². The number of carbonyl (C=O) groups excluding carboxylic acids is 1. The lowest BCUT2D eigenvalue weighted by molar-refractivity contribution is -0.118. The predicted octanol–water partition coefficient (Wildman–Crippen LogP) is 4.93. The van der Waals surface area contributed by atoms with E-state index in [0.717, 1.165) is 11.8 Å². The van der Waals surface area contributed by atoms with Gasteiger partial charge in [-0.2, -0.15) is 5.10 Å². The van der Waals surface area contributed by atoms with Gasteiger partial charge in [0, 0.05) is 5.56 Å². The van der Waals surface area contributed by atoms with Gasteiger partial charge in [-0.05, 0) is 30.3 Å². The number of nitrogens with one attached hydrogen (secondary N) is 1. The van der Waals surface area contributed by atoms with Crippen LogP contribution in [-0.4, -0.2) is 27.4 Å². The van der Waals surface area contributed by atoms with Crippen molar-refractivity contribution in [3.05, 3.63) is 98.8 Å². The number of hydrogen-bond donors (Lipinski definition) is 1. The summed E-state index contributed by atoms with van der Waals surface area (Å²) in [6.45, 7) is 0. The second-order valence-electron chi connectivity index (χ2n) is 6.61. The molecule has 0 saturated carbocycles. The van der Waals surface area contributed by atoms with Crippen LogP contribution >= 0.6 is 35.0 Å². The summed E-state index contributed by atoms with van der Waals surface area (Å²) in [7, 11) is 0. The minimum Gasteiger partial charge on any atom is -0.272 e. The number of halogens is 2. The summed E-state index contributed by atoms with van der Waals surface area (Å²) in [5, 5.41) is 5.61. The third kappa shape index (κ3) is 4.85. The van der Waals surface area contributed by atoms with Crippen molar-refractivity contribution in [2.75, 3.05) is 5.75 Å². The number of benzene rings is 3. The average Bonchev–Trinajstić information content (AvgIpc) is 2.81. The number of hydrazone groups is 1. The lowest BCUT2D eigenvalue weighted by Crippen LogP contribution is -2.24. The Balaban J connectivity index is 1.55. The zero-order valence-corrected chi connectivity index (χ0v) is 18.9. The van der Waals surface area contributed by atoms with Gasteiger partial charge >= 0.3 is 0 Å². The van der Waals surface area contributed by atoms with E-state index < -0.39 is 0 Å². The number of hydrogen-bond acceptors (Lipinski definition) is 5. The molecule has 0 aliphatic rings. The van der Waals surface area contributed by atoms with Crippen molar-refractivity contribution in [3.8, 4) is 5.69 Å². The van der Waals surface area contributed by atoms with Crippen LogP contribution in [0.1, 0.15) is 5.56 Å². The number of rotatable bonds is 6. The molecule has 32 heavy (non-hydrogen) atoms. The van der Waals surface area contributed by atoms with Crippen LogP contribution in [-0.2, 0) is 4.79 Å². The van der Waals surface area contributed by atoms with Crippen LogP contribution in [0, 0.1) is 0 Å². The molecule has 0 saturated heterocycles. The number of fused-ring (bicyclic) bond motifs is 1. The molecule has 3 aromatic carbocycles. The maximum atomic E-state index is 13.1. The van der Waals surface area contributed by atoms with Crippen LogP contribution in [0.15, 0.2) is 87.8 Å². The molecular weight excluding hydrogens is 467 g/mol. The molecule has 1 amide bonds. The van der Waals surface area contributed by atoms with Crippen molar-refractivity contribution < 1.29 is 4.79 Å². The van der Waals surface area contributed by atoms with Crippen molar-refractivity contribution in [2.24, 2.45) is 5.10 Å². The molecule has 9 heteroatoms. The number of carbonyl (C=O) groups is 1. The Hall–Kier alpha value is -3.13. The van der Waals surface area contributed by atoms with Crippen LogP contribution in [0.5, 0.6) is 0 Å². The Morgan fingerprint density at radius 2 is 1.78 bits per heavy atom. The Morgan fingerprint density at radius 1 is 1.03 bits per heavy atom. The molecule has 1 N–H and O–H groups in total. The van der Waals surface area contributed by atoms with Crippen molar-refractivity contribution in [1.82, 2.24) is 15.0 Å². The van der Waals surface area contributed by atoms with E-state index in [2.05, 4.69) is 15.5 Å². The lowest BCUT2D eigenvalue weighted by Gasteiger charge is -2.12. The molecular formula is C23H16Cl2N4O2S. The van der Waals surface area contributed by atoms with Gasteiger partial charge in [-0.25, -0.2) is 10.4 Å². The first-order chi connectivity index (χ1) is 15.5. The van der Waals surface area contributed by atoms with Gasteiger partial charge in [0.15, 0.2) is 5.16 Å². The topological polar surface area (TPSA) is 76.3 Å². The maximum Gasteiger partial charge on any atom is 0.266 e. The smallest absolute Gasteiger partial charge is 0.266 e. The largest absolute Gasteiger partial charge is 0.272 e. The summed E-state index contributed by atoms with van der Waals surface area (Å²) in [6, 6.07) is 21.5. The second-order valence-corrected chi connectivity index (χ2v) is 8.34. The first kappa shape index (κ1) is 22.1. The van der Waals surface area contributed by atoms with Crippen LogP contribution in [0.25, 0.3) is 16.6 Å². The van der Waals surface area contributed by atoms with Crippen molar-refractivity contribution in [1.29, 1.82) is 0 Å². The van der Waals surface area contributed by atoms with Crippen LogP contribution < -0.4 is 11.0 Å². The molecule has 0 aliphatic heterocycles. The van der Waals surface area contributed by atoms with E-state index in [0.29, 0.717) is 37.4 Å². The van der Waals surface area contributed by atoms with E-state index in [-0.39, 0.29) is 17.2 Å². The maximum absolute atomic E-state index is 13.1. The molecule has 6 nitrogen and oxygen atoms in total. The zero-order valence-electron chi connectivity index (χ0n) is 16.5. The number of para-hydroxylation sites is 2. The summed E-state index contributed by atoms with van der Waals surface area (Å²) in [6.07, 6.45) is 1.42. The van der Waals surface area contributed by atoms with Gasteiger partial charge in [-0.15, -0.1) is 0 Å². The highest BCUT2D eigenvalue weighted by Gasteiger charge is 2.14. The van der Waals surface area contributed by atoms with Gasteiger partial charge in [0.25, 0.3) is 11.5 Å². The van der Waals surface area contributed by atoms with E-state index in [1.165, 1.54) is 10.8 Å². The van der Waals surface area contributed by atoms with Crippen molar-refractivity contribution in [3.63, 3.8) is 0 Å². The summed E-state index contributed by atoms with van der Waals surface area (Å²) in [4.78, 5) is 30.1. The second kappa shape index (κ2) is 9.99. The minimum atomic E-state index is -0.355. The molecule has 4 aromatic rings. The van der Waals surface area contributed by atoms with Crippen molar-refractivity contribution >= 4 is 58.0 Å². The molecule has 1 heterocycles. The monoisotopic (exact) mass is 482 g/mol. The van der Waals surface area contributed by atoms with Gasteiger partial charge in [-0.1, -0.05) is 77.4 Å². The van der Waals surface area contributed by atoms with Crippen LogP contribution in [0.4, 0.5) is 0 Å². The van der Waals surface area contributed by atoms with E-state index in [1.54, 1.807) is 36.4 Å². The molecule has 4 rings (SSSR count). The number of nitrogens with zero attached hydrogens (tertiary/aromatic N) is 3. The van der Waals surface area contributed by atoms with Gasteiger partial charge in [0.1, 0.15) is 0 Å². The summed E-state index contributed by atoms with van der Waals surface area (Å²) in [5.74, 6) is -0.343. The van der Waals surface area contributed by atoms with Gasteiger partial charge in [0.2, 0.25) is 0 Å². The molecule has 0 unspecified atom stereocenters. The van der Waals surface area contributed by atoms with Gasteiger partial charge < -0.3 is 0 Å². The third-order valence-corrected chi connectivity index (χ3v) is 6.24. The third-order valence-electron chi connectivity index (χ3n) is 4.47. The fraction of sp³-hybridized carbons (Fsp3) is 0.0435. The van der Waals surface area contributed by atoms with Gasteiger partial charge in [-0.3, -0.25) is 14.2 Å². The SMILES string of the molecule is O=C(CSc1nc2ccccc2c(=O)n1-c1ccccc1)NN=Cc1cccc(Cl)c1Cl. The standard InChI is InChI=1S/C23H16Cl2N4O2S/c24-18-11-6-7-15(21(18)25)13-26-28-20(30)14-32-23-27-19-12-5-4-10-17(19)22(31)29(23)16-8-2-1-3-9-16/h1-13H,14H2,(H,28,30). The van der Waals surface area contributed by atoms with Gasteiger partial charge in [0.05, 0.1) is 38.6 Å². The normalized spacial score (nSPS) is 11.2. The molecule has 0 atom stereocenters. The first-order valence-corrected chi connectivity index (χ1v) is 11.2. The van der Waals surface area contributed by atoms with E-state index in [1.807, 2.05) is 36.4 Å². The highest BCUT2D eigenvalue weighted by atomic mass is 35.5. The molecule has 0 bridgehead atoms. The quantitative estimate of drug-likeness (QED) is 0.183. The summed E-state index contributed by atoms with van der Waals surface area (Å²) < 4.78 is 1.51. The summed E-state index contributed by atoms with van der Waals surface area (Å²) >= 11 is 13.2. The minimum absolute atomic E-state index is 0.0121. The number of amides is 1. The predicted molar refractivity (Wildman–Crippen MR) is 130 cm³/mol. The molecule has 0 spiro atoms. The summed E-state index contributed by atoms with van der Waals surface area (Å²) in [5.41, 5.74) is 4.08. The van der Waals surface area contributed by atoms with E-state index in [9.17, 15) is 9.59 Å². The zero-order chi connectivity index (χ0) is 22.5. The first-order valence-electron chi connectivity index (χ1n) is 9.50.